The number of piperidine rings is 1. The summed E-state index contributed by atoms with van der Waals surface area (Å²) in [4.78, 5) is 14.0. The molecule has 0 unspecified atom stereocenters. The molecule has 0 saturated carbocycles. The number of hydrogen-bond acceptors (Lipinski definition) is 3. The third-order valence-corrected chi connectivity index (χ3v) is 4.72. The van der Waals surface area contributed by atoms with Crippen LogP contribution in [0.1, 0.15) is 57.1 Å². The molecule has 1 saturated heterocycles. The molecule has 2 aliphatic rings. The van der Waals surface area contributed by atoms with E-state index in [-0.39, 0.29) is 6.09 Å². The number of ether oxygens (including phenoxy) is 1. The summed E-state index contributed by atoms with van der Waals surface area (Å²) < 4.78 is 5.49. The van der Waals surface area contributed by atoms with E-state index >= 15 is 0 Å². The molecule has 3 rings (SSSR count). The first-order chi connectivity index (χ1) is 10.9. The summed E-state index contributed by atoms with van der Waals surface area (Å²) in [6.45, 7) is 8.41. The van der Waals surface area contributed by atoms with E-state index < -0.39 is 5.60 Å². The van der Waals surface area contributed by atoms with Crippen molar-refractivity contribution in [2.24, 2.45) is 0 Å². The van der Waals surface area contributed by atoms with Crippen LogP contribution in [0.4, 0.5) is 10.5 Å². The van der Waals surface area contributed by atoms with E-state index in [1.54, 1.807) is 0 Å². The number of nitrogens with zero attached hydrogens (tertiary/aromatic N) is 1. The Labute approximate surface area is 139 Å². The molecule has 2 aliphatic heterocycles. The second kappa shape index (κ2) is 6.42. The van der Waals surface area contributed by atoms with Crippen LogP contribution < -0.4 is 5.32 Å². The number of carbonyl (C=O) groups is 1. The summed E-state index contributed by atoms with van der Waals surface area (Å²) in [5, 5.41) is 3.51. The monoisotopic (exact) mass is 316 g/mol. The SMILES string of the molecule is CC(C)(C)OC(=O)N1CCC(c2cccc3c2CCCN3)CC1. The summed E-state index contributed by atoms with van der Waals surface area (Å²) in [6, 6.07) is 6.63. The number of rotatable bonds is 1. The minimum Gasteiger partial charge on any atom is -0.444 e. The highest BCUT2D eigenvalue weighted by Gasteiger charge is 2.29. The van der Waals surface area contributed by atoms with Gasteiger partial charge in [-0.15, -0.1) is 0 Å². The molecule has 0 spiro atoms. The lowest BCUT2D eigenvalue weighted by atomic mass is 9.84. The number of benzene rings is 1. The Morgan fingerprint density at radius 3 is 2.70 bits per heavy atom. The summed E-state index contributed by atoms with van der Waals surface area (Å²) in [5.41, 5.74) is 3.87. The Morgan fingerprint density at radius 2 is 2.00 bits per heavy atom. The van der Waals surface area contributed by atoms with Gasteiger partial charge in [-0.25, -0.2) is 4.79 Å². The maximum Gasteiger partial charge on any atom is 0.410 e. The highest BCUT2D eigenvalue weighted by molar-refractivity contribution is 5.68. The molecule has 0 radical (unpaired) electrons. The van der Waals surface area contributed by atoms with Crippen molar-refractivity contribution in [3.8, 4) is 0 Å². The van der Waals surface area contributed by atoms with Crippen molar-refractivity contribution < 1.29 is 9.53 Å². The molecule has 0 aliphatic carbocycles. The predicted molar refractivity (Wildman–Crippen MR) is 93.0 cm³/mol. The van der Waals surface area contributed by atoms with E-state index in [0.29, 0.717) is 5.92 Å². The van der Waals surface area contributed by atoms with Crippen LogP contribution in [0.3, 0.4) is 0 Å². The second-order valence-electron chi connectivity index (χ2n) is 7.65. The highest BCUT2D eigenvalue weighted by Crippen LogP contribution is 2.35. The van der Waals surface area contributed by atoms with E-state index in [4.69, 9.17) is 4.74 Å². The zero-order valence-electron chi connectivity index (χ0n) is 14.5. The Hall–Kier alpha value is -1.71. The normalized spacial score (nSPS) is 19.0. The lowest BCUT2D eigenvalue weighted by molar-refractivity contribution is 0.0204. The first-order valence-electron chi connectivity index (χ1n) is 8.77. The molecule has 4 nitrogen and oxygen atoms in total. The van der Waals surface area contributed by atoms with Crippen molar-refractivity contribution >= 4 is 11.8 Å². The fourth-order valence-electron chi connectivity index (χ4n) is 3.62. The Bertz CT molecular complexity index is 569. The molecule has 1 aromatic rings. The number of carbonyl (C=O) groups excluding carboxylic acids is 1. The van der Waals surface area contributed by atoms with Gasteiger partial charge in [0.05, 0.1) is 0 Å². The van der Waals surface area contributed by atoms with Crippen LogP contribution in [0.15, 0.2) is 18.2 Å². The van der Waals surface area contributed by atoms with E-state index in [9.17, 15) is 4.79 Å². The lowest BCUT2D eigenvalue weighted by Crippen LogP contribution is -2.41. The summed E-state index contributed by atoms with van der Waals surface area (Å²) in [6.07, 6.45) is 4.25. The van der Waals surface area contributed by atoms with Crippen molar-refractivity contribution in [1.29, 1.82) is 0 Å². The van der Waals surface area contributed by atoms with Crippen molar-refractivity contribution in [1.82, 2.24) is 4.90 Å². The van der Waals surface area contributed by atoms with Crippen LogP contribution in [0.5, 0.6) is 0 Å². The van der Waals surface area contributed by atoms with Gasteiger partial charge in [-0.3, -0.25) is 0 Å². The van der Waals surface area contributed by atoms with Crippen LogP contribution in [0.25, 0.3) is 0 Å². The zero-order chi connectivity index (χ0) is 16.4. The fourth-order valence-corrected chi connectivity index (χ4v) is 3.62. The molecule has 2 heterocycles. The van der Waals surface area contributed by atoms with Crippen molar-refractivity contribution in [2.45, 2.75) is 58.0 Å². The van der Waals surface area contributed by atoms with Crippen molar-refractivity contribution in [3.05, 3.63) is 29.3 Å². The number of likely N-dealkylation sites (tertiary alicyclic amines) is 1. The molecular formula is C19H28N2O2. The van der Waals surface area contributed by atoms with Gasteiger partial charge in [0.25, 0.3) is 0 Å². The van der Waals surface area contributed by atoms with Crippen molar-refractivity contribution in [3.63, 3.8) is 0 Å². The minimum absolute atomic E-state index is 0.173. The maximum absolute atomic E-state index is 12.2. The third-order valence-electron chi connectivity index (χ3n) is 4.72. The summed E-state index contributed by atoms with van der Waals surface area (Å²) in [5.74, 6) is 0.559. The molecule has 1 fully saturated rings. The number of amides is 1. The quantitative estimate of drug-likeness (QED) is 0.846. The average molecular weight is 316 g/mol. The molecule has 0 bridgehead atoms. The first kappa shape index (κ1) is 16.2. The predicted octanol–water partition coefficient (Wildman–Crippen LogP) is 4.16. The molecular weight excluding hydrogens is 288 g/mol. The summed E-state index contributed by atoms with van der Waals surface area (Å²) >= 11 is 0. The van der Waals surface area contributed by atoms with Gasteiger partial charge in [0, 0.05) is 25.3 Å². The van der Waals surface area contributed by atoms with Crippen LogP contribution in [-0.4, -0.2) is 36.2 Å². The van der Waals surface area contributed by atoms with Crippen molar-refractivity contribution in [2.75, 3.05) is 25.0 Å². The van der Waals surface area contributed by atoms with Gasteiger partial charge in [-0.2, -0.15) is 0 Å². The topological polar surface area (TPSA) is 41.6 Å². The number of anilines is 1. The average Bonchev–Trinajstić information content (AvgIpc) is 2.53. The van der Waals surface area contributed by atoms with E-state index in [1.807, 2.05) is 25.7 Å². The Kier molecular flexibility index (Phi) is 4.51. The van der Waals surface area contributed by atoms with Gasteiger partial charge in [-0.05, 0) is 69.6 Å². The van der Waals surface area contributed by atoms with Crippen LogP contribution in [0.2, 0.25) is 0 Å². The first-order valence-corrected chi connectivity index (χ1v) is 8.77. The van der Waals surface area contributed by atoms with Crippen LogP contribution in [0, 0.1) is 0 Å². The lowest BCUT2D eigenvalue weighted by Gasteiger charge is -2.35. The van der Waals surface area contributed by atoms with Gasteiger partial charge in [0.1, 0.15) is 5.60 Å². The molecule has 0 atom stereocenters. The van der Waals surface area contributed by atoms with E-state index in [0.717, 1.165) is 32.5 Å². The van der Waals surface area contributed by atoms with Crippen LogP contribution in [-0.2, 0) is 11.2 Å². The minimum atomic E-state index is -0.419. The van der Waals surface area contributed by atoms with Gasteiger partial charge in [0.2, 0.25) is 0 Å². The highest BCUT2D eigenvalue weighted by atomic mass is 16.6. The summed E-state index contributed by atoms with van der Waals surface area (Å²) in [7, 11) is 0. The second-order valence-corrected chi connectivity index (χ2v) is 7.65. The third kappa shape index (κ3) is 3.80. The molecule has 1 N–H and O–H groups in total. The Morgan fingerprint density at radius 1 is 1.26 bits per heavy atom. The number of nitrogens with one attached hydrogen (secondary N) is 1. The van der Waals surface area contributed by atoms with Crippen LogP contribution >= 0.6 is 0 Å². The zero-order valence-corrected chi connectivity index (χ0v) is 14.5. The maximum atomic E-state index is 12.2. The van der Waals surface area contributed by atoms with Gasteiger partial charge < -0.3 is 15.0 Å². The molecule has 4 heteroatoms. The molecule has 1 aromatic carbocycles. The molecule has 1 amide bonds. The Balaban J connectivity index is 1.65. The van der Waals surface area contributed by atoms with E-state index in [2.05, 4.69) is 23.5 Å². The fraction of sp³-hybridized carbons (Fsp3) is 0.632. The smallest absolute Gasteiger partial charge is 0.410 e. The van der Waals surface area contributed by atoms with E-state index in [1.165, 1.54) is 29.7 Å². The molecule has 126 valence electrons. The van der Waals surface area contributed by atoms with Gasteiger partial charge in [-0.1, -0.05) is 12.1 Å². The largest absolute Gasteiger partial charge is 0.444 e. The standard InChI is InChI=1S/C19H28N2O2/c1-19(2,3)23-18(22)21-12-9-14(10-13-21)15-6-4-8-17-16(15)7-5-11-20-17/h4,6,8,14,20H,5,7,9-13H2,1-3H3. The van der Waals surface area contributed by atoms with Gasteiger partial charge in [0.15, 0.2) is 0 Å². The number of fused-ring (bicyclic) bond motifs is 1. The molecule has 0 aromatic heterocycles. The van der Waals surface area contributed by atoms with Gasteiger partial charge >= 0.3 is 6.09 Å². The number of hydrogen-bond donors (Lipinski definition) is 1. The molecule has 23 heavy (non-hydrogen) atoms.